The number of amides is 1. The molecule has 0 spiro atoms. The molecule has 9 heteroatoms. The van der Waals surface area contributed by atoms with Crippen LogP contribution < -0.4 is 4.90 Å². The summed E-state index contributed by atoms with van der Waals surface area (Å²) in [5.41, 5.74) is 0.869. The number of carbonyl (C=O) groups excluding carboxylic acids is 1. The van der Waals surface area contributed by atoms with Gasteiger partial charge in [-0.25, -0.2) is 9.59 Å². The number of carboxylic acids is 1. The molecule has 27 heavy (non-hydrogen) atoms. The fourth-order valence-corrected chi connectivity index (χ4v) is 3.34. The predicted octanol–water partition coefficient (Wildman–Crippen LogP) is 2.32. The van der Waals surface area contributed by atoms with E-state index in [1.165, 1.54) is 6.07 Å². The molecule has 1 aliphatic rings. The predicted molar refractivity (Wildman–Crippen MR) is 103 cm³/mol. The van der Waals surface area contributed by atoms with Gasteiger partial charge in [0.25, 0.3) is 6.01 Å². The molecular formula is C18H24LiN3O5. The van der Waals surface area contributed by atoms with Gasteiger partial charge >= 0.3 is 30.9 Å². The molecule has 1 fully saturated rings. The molecule has 1 N–H and O–H groups in total. The third kappa shape index (κ3) is 4.23. The molecule has 1 saturated heterocycles. The zero-order valence-corrected chi connectivity index (χ0v) is 15.3. The summed E-state index contributed by atoms with van der Waals surface area (Å²) in [6.45, 7) is 8.52. The Bertz CT molecular complexity index is 826. The molecule has 1 amide bonds. The van der Waals surface area contributed by atoms with Crippen molar-refractivity contribution >= 4 is 48.0 Å². The molecule has 0 radical (unpaired) electrons. The normalized spacial score (nSPS) is 19.9. The molecule has 2 atom stereocenters. The van der Waals surface area contributed by atoms with Crippen LogP contribution in [0.3, 0.4) is 0 Å². The van der Waals surface area contributed by atoms with Crippen molar-refractivity contribution < 1.29 is 23.8 Å². The first-order valence-corrected chi connectivity index (χ1v) is 8.64. The number of hydrogen-bond donors (Lipinski definition) is 1. The molecule has 1 aromatic carbocycles. The number of aromatic nitrogens is 1. The summed E-state index contributed by atoms with van der Waals surface area (Å²) in [4.78, 5) is 31.6. The van der Waals surface area contributed by atoms with Crippen LogP contribution in [0.2, 0.25) is 0 Å². The molecular weight excluding hydrogens is 345 g/mol. The van der Waals surface area contributed by atoms with Crippen molar-refractivity contribution in [2.24, 2.45) is 0 Å². The van der Waals surface area contributed by atoms with Crippen molar-refractivity contribution in [3.05, 3.63) is 23.8 Å². The Labute approximate surface area is 169 Å². The molecule has 2 aromatic rings. The Morgan fingerprint density at radius 3 is 2.44 bits per heavy atom. The summed E-state index contributed by atoms with van der Waals surface area (Å²) in [7, 11) is 0. The minimum atomic E-state index is -1.04. The van der Waals surface area contributed by atoms with Gasteiger partial charge in [-0.1, -0.05) is 6.07 Å². The topological polar surface area (TPSA) is 96.1 Å². The monoisotopic (exact) mass is 369 g/mol. The number of para-hydroxylation sites is 1. The number of oxazole rings is 1. The Balaban J connectivity index is 0.00000261. The van der Waals surface area contributed by atoms with Crippen LogP contribution in [0, 0.1) is 0 Å². The molecule has 2 unspecified atom stereocenters. The molecule has 0 aliphatic carbocycles. The Kier molecular flexibility index (Phi) is 6.45. The van der Waals surface area contributed by atoms with E-state index in [9.17, 15) is 14.7 Å². The van der Waals surface area contributed by atoms with E-state index in [4.69, 9.17) is 9.15 Å². The number of benzene rings is 1. The van der Waals surface area contributed by atoms with Crippen molar-refractivity contribution in [1.29, 1.82) is 0 Å². The van der Waals surface area contributed by atoms with Crippen molar-refractivity contribution in [3.8, 4) is 0 Å². The molecule has 1 aliphatic heterocycles. The van der Waals surface area contributed by atoms with Gasteiger partial charge in [-0.2, -0.15) is 4.98 Å². The summed E-state index contributed by atoms with van der Waals surface area (Å²) < 4.78 is 11.1. The number of hydrogen-bond acceptors (Lipinski definition) is 6. The molecule has 0 saturated carbocycles. The second-order valence-corrected chi connectivity index (χ2v) is 6.90. The van der Waals surface area contributed by atoms with E-state index in [0.29, 0.717) is 30.2 Å². The van der Waals surface area contributed by atoms with Crippen LogP contribution >= 0.6 is 0 Å². The summed E-state index contributed by atoms with van der Waals surface area (Å²) in [6, 6.07) is 5.09. The number of rotatable bonds is 3. The Hall–Kier alpha value is -2.17. The van der Waals surface area contributed by atoms with Crippen LogP contribution in [0.4, 0.5) is 10.8 Å². The van der Waals surface area contributed by atoms with Gasteiger partial charge in [-0.3, -0.25) is 0 Å². The van der Waals surface area contributed by atoms with Crippen LogP contribution in [0.25, 0.3) is 11.1 Å². The number of piperazine rings is 1. The van der Waals surface area contributed by atoms with Crippen molar-refractivity contribution in [2.45, 2.75) is 45.9 Å². The third-order valence-corrected chi connectivity index (χ3v) is 4.37. The first-order valence-electron chi connectivity index (χ1n) is 8.64. The van der Waals surface area contributed by atoms with Crippen LogP contribution in [0.15, 0.2) is 22.6 Å². The number of ether oxygens (including phenoxy) is 1. The molecule has 0 bridgehead atoms. The van der Waals surface area contributed by atoms with Crippen molar-refractivity contribution in [2.75, 3.05) is 18.0 Å². The number of anilines is 1. The van der Waals surface area contributed by atoms with Crippen LogP contribution in [0.1, 0.15) is 38.1 Å². The van der Waals surface area contributed by atoms with Gasteiger partial charge in [0.1, 0.15) is 5.52 Å². The van der Waals surface area contributed by atoms with Gasteiger partial charge in [0.05, 0.1) is 11.7 Å². The number of nitrogens with zero attached hydrogens (tertiary/aromatic N) is 3. The molecule has 142 valence electrons. The van der Waals surface area contributed by atoms with E-state index in [2.05, 4.69) is 4.98 Å². The van der Waals surface area contributed by atoms with E-state index in [1.54, 1.807) is 17.0 Å². The average Bonchev–Trinajstić information content (AvgIpc) is 2.96. The first-order chi connectivity index (χ1) is 12.3. The maximum absolute atomic E-state index is 12.2. The molecule has 1 aromatic heterocycles. The number of carboxylic acid groups (broad SMARTS) is 1. The fourth-order valence-electron chi connectivity index (χ4n) is 3.34. The van der Waals surface area contributed by atoms with Crippen molar-refractivity contribution in [1.82, 2.24) is 9.88 Å². The Morgan fingerprint density at radius 1 is 1.26 bits per heavy atom. The van der Waals surface area contributed by atoms with Gasteiger partial charge in [0, 0.05) is 25.2 Å². The quantitative estimate of drug-likeness (QED) is 0.830. The second-order valence-electron chi connectivity index (χ2n) is 6.90. The van der Waals surface area contributed by atoms with E-state index in [0.717, 1.165) is 0 Å². The minimum absolute atomic E-state index is 0. The van der Waals surface area contributed by atoms with Crippen molar-refractivity contribution in [3.63, 3.8) is 0 Å². The molecule has 8 nitrogen and oxygen atoms in total. The zero-order chi connectivity index (χ0) is 19.0. The zero-order valence-electron chi connectivity index (χ0n) is 15.3. The summed E-state index contributed by atoms with van der Waals surface area (Å²) >= 11 is 0. The second kappa shape index (κ2) is 8.24. The van der Waals surface area contributed by atoms with E-state index >= 15 is 0 Å². The molecule has 2 heterocycles. The number of fused-ring (bicyclic) bond motifs is 1. The molecule has 3 rings (SSSR count). The third-order valence-electron chi connectivity index (χ3n) is 4.37. The first kappa shape index (κ1) is 21.1. The summed E-state index contributed by atoms with van der Waals surface area (Å²) in [6.07, 6.45) is -0.498. The van der Waals surface area contributed by atoms with E-state index in [-0.39, 0.29) is 48.7 Å². The van der Waals surface area contributed by atoms with Gasteiger partial charge in [0.15, 0.2) is 5.58 Å². The SMILES string of the molecule is CC(C)OC(=O)N1CC(C)N(c2nc3c(C(=O)O)cccc3o2)C(C)C1.[LiH]. The number of carbonyl (C=O) groups is 2. The standard InChI is InChI=1S/C18H23N3O5.Li.H/c1-10(2)25-18(24)20-8-11(3)21(12(4)9-20)17-19-15-13(16(22)23)6-5-7-14(15)26-17;;/h5-7,10-12H,8-9H2,1-4H3,(H,22,23);;. The van der Waals surface area contributed by atoms with Gasteiger partial charge in [0.2, 0.25) is 0 Å². The fraction of sp³-hybridized carbons (Fsp3) is 0.500. The van der Waals surface area contributed by atoms with Gasteiger partial charge < -0.3 is 24.1 Å². The van der Waals surface area contributed by atoms with Crippen LogP contribution in [-0.2, 0) is 4.74 Å². The van der Waals surface area contributed by atoms with Crippen LogP contribution in [-0.4, -0.2) is 77.2 Å². The maximum atomic E-state index is 12.2. The summed E-state index contributed by atoms with van der Waals surface area (Å²) in [5.74, 6) is -1.04. The summed E-state index contributed by atoms with van der Waals surface area (Å²) in [5, 5.41) is 9.32. The Morgan fingerprint density at radius 2 is 1.89 bits per heavy atom. The average molecular weight is 369 g/mol. The van der Waals surface area contributed by atoms with Gasteiger partial charge in [-0.15, -0.1) is 0 Å². The van der Waals surface area contributed by atoms with Crippen LogP contribution in [0.5, 0.6) is 0 Å². The number of aromatic carboxylic acids is 1. The van der Waals surface area contributed by atoms with E-state index < -0.39 is 5.97 Å². The van der Waals surface area contributed by atoms with E-state index in [1.807, 2.05) is 32.6 Å². The van der Waals surface area contributed by atoms with Gasteiger partial charge in [-0.05, 0) is 39.8 Å².